The average Bonchev–Trinajstić information content (AvgIpc) is 2.58. The Labute approximate surface area is 158 Å². The number of aliphatic imine (C=N–C) groups is 1. The molecule has 1 N–H and O–H groups in total. The van der Waals surface area contributed by atoms with Crippen LogP contribution in [0.4, 0.5) is 5.69 Å². The van der Waals surface area contributed by atoms with Crippen molar-refractivity contribution in [2.24, 2.45) is 4.99 Å². The Morgan fingerprint density at radius 3 is 2.48 bits per heavy atom. The molecule has 25 heavy (non-hydrogen) atoms. The molecule has 0 unspecified atom stereocenters. The van der Waals surface area contributed by atoms with Gasteiger partial charge in [0, 0.05) is 11.8 Å². The molecule has 0 aliphatic carbocycles. The zero-order valence-electron chi connectivity index (χ0n) is 13.7. The van der Waals surface area contributed by atoms with Crippen molar-refractivity contribution in [2.75, 3.05) is 13.7 Å². The number of carbonyl (C=O) groups excluding carboxylic acids is 1. The lowest BCUT2D eigenvalue weighted by molar-refractivity contribution is -0.139. The molecule has 130 valence electrons. The Hall–Kier alpha value is -2.42. The third kappa shape index (κ3) is 5.28. The molecule has 0 amide bonds. The lowest BCUT2D eigenvalue weighted by atomic mass is 10.1. The molecule has 0 saturated heterocycles. The second kappa shape index (κ2) is 8.61. The predicted octanol–water partition coefficient (Wildman–Crippen LogP) is 3.72. The fourth-order valence-corrected chi connectivity index (χ4v) is 2.80. The van der Waals surface area contributed by atoms with E-state index in [1.165, 1.54) is 14.0 Å². The van der Waals surface area contributed by atoms with Crippen molar-refractivity contribution >= 4 is 46.2 Å². The number of ether oxygens (including phenoxy) is 2. The zero-order chi connectivity index (χ0) is 18.4. The predicted molar refractivity (Wildman–Crippen MR) is 103 cm³/mol. The van der Waals surface area contributed by atoms with Gasteiger partial charge in [0.25, 0.3) is 0 Å². The standard InChI is InChI=1S/C18H16INO5/c1-11(21)13-3-5-14(6-4-13)20-9-12-7-15(19)18(16(8-12)24-2)25-10-17(22)23/h3-9H,10H2,1-2H3,(H,22,23). The van der Waals surface area contributed by atoms with E-state index in [4.69, 9.17) is 14.6 Å². The Morgan fingerprint density at radius 1 is 1.24 bits per heavy atom. The quantitative estimate of drug-likeness (QED) is 0.393. The number of hydrogen-bond donors (Lipinski definition) is 1. The second-order valence-corrected chi connectivity index (χ2v) is 6.24. The highest BCUT2D eigenvalue weighted by Gasteiger charge is 2.12. The molecule has 0 spiro atoms. The molecule has 0 atom stereocenters. The van der Waals surface area contributed by atoms with Gasteiger partial charge in [-0.05, 0) is 71.5 Å². The van der Waals surface area contributed by atoms with Crippen molar-refractivity contribution in [3.05, 3.63) is 51.1 Å². The topological polar surface area (TPSA) is 85.2 Å². The number of ketones is 1. The van der Waals surface area contributed by atoms with Crippen LogP contribution in [0.3, 0.4) is 0 Å². The minimum absolute atomic E-state index is 0.00627. The van der Waals surface area contributed by atoms with Crippen LogP contribution in [0, 0.1) is 3.57 Å². The maximum Gasteiger partial charge on any atom is 0.341 e. The van der Waals surface area contributed by atoms with Crippen LogP contribution < -0.4 is 9.47 Å². The third-order valence-electron chi connectivity index (χ3n) is 3.23. The molecule has 0 heterocycles. The molecule has 7 heteroatoms. The Bertz CT molecular complexity index is 815. The normalized spacial score (nSPS) is 10.7. The maximum absolute atomic E-state index is 11.3. The van der Waals surface area contributed by atoms with Gasteiger partial charge in [0.1, 0.15) is 0 Å². The van der Waals surface area contributed by atoms with Gasteiger partial charge in [0.2, 0.25) is 0 Å². The van der Waals surface area contributed by atoms with Gasteiger partial charge in [0.15, 0.2) is 23.9 Å². The Morgan fingerprint density at radius 2 is 1.92 bits per heavy atom. The van der Waals surface area contributed by atoms with Crippen LogP contribution in [0.15, 0.2) is 41.4 Å². The van der Waals surface area contributed by atoms with E-state index in [9.17, 15) is 9.59 Å². The van der Waals surface area contributed by atoms with E-state index in [2.05, 4.69) is 27.6 Å². The summed E-state index contributed by atoms with van der Waals surface area (Å²) in [4.78, 5) is 26.3. The summed E-state index contributed by atoms with van der Waals surface area (Å²) in [7, 11) is 1.49. The molecule has 0 saturated carbocycles. The summed E-state index contributed by atoms with van der Waals surface area (Å²) < 4.78 is 11.3. The average molecular weight is 453 g/mol. The SMILES string of the molecule is COc1cc(C=Nc2ccc(C(C)=O)cc2)cc(I)c1OCC(=O)O. The summed E-state index contributed by atoms with van der Waals surface area (Å²) in [5.41, 5.74) is 2.12. The van der Waals surface area contributed by atoms with Crippen LogP contribution in [0.5, 0.6) is 11.5 Å². The highest BCUT2D eigenvalue weighted by Crippen LogP contribution is 2.33. The molecule has 2 aromatic rings. The minimum Gasteiger partial charge on any atom is -0.493 e. The number of benzene rings is 2. The van der Waals surface area contributed by atoms with Gasteiger partial charge in [0.05, 0.1) is 16.4 Å². The van der Waals surface area contributed by atoms with Crippen LogP contribution in [-0.4, -0.2) is 36.8 Å². The number of carboxylic acids is 1. The summed E-state index contributed by atoms with van der Waals surface area (Å²) in [6.07, 6.45) is 1.66. The van der Waals surface area contributed by atoms with Crippen LogP contribution in [0.25, 0.3) is 0 Å². The van der Waals surface area contributed by atoms with E-state index in [-0.39, 0.29) is 5.78 Å². The van der Waals surface area contributed by atoms with E-state index in [0.29, 0.717) is 26.3 Å². The van der Waals surface area contributed by atoms with Crippen molar-refractivity contribution in [1.29, 1.82) is 0 Å². The summed E-state index contributed by atoms with van der Waals surface area (Å²) in [6, 6.07) is 10.5. The molecular weight excluding hydrogens is 437 g/mol. The first-order valence-electron chi connectivity index (χ1n) is 7.28. The number of carboxylic acid groups (broad SMARTS) is 1. The highest BCUT2D eigenvalue weighted by molar-refractivity contribution is 14.1. The number of aliphatic carboxylic acids is 1. The molecule has 2 aromatic carbocycles. The van der Waals surface area contributed by atoms with Gasteiger partial charge in [-0.25, -0.2) is 4.79 Å². The number of carbonyl (C=O) groups is 2. The Balaban J connectivity index is 2.23. The molecule has 2 rings (SSSR count). The summed E-state index contributed by atoms with van der Waals surface area (Å²) in [5.74, 6) is -0.237. The second-order valence-electron chi connectivity index (χ2n) is 5.08. The van der Waals surface area contributed by atoms with E-state index in [0.717, 1.165) is 5.56 Å². The third-order valence-corrected chi connectivity index (χ3v) is 4.03. The maximum atomic E-state index is 11.3. The minimum atomic E-state index is -1.06. The number of halogens is 1. The fourth-order valence-electron chi connectivity index (χ4n) is 2.02. The first kappa shape index (κ1) is 18.9. The number of Topliss-reactive ketones (excluding diaryl/α,β-unsaturated/α-hetero) is 1. The molecule has 0 aromatic heterocycles. The van der Waals surface area contributed by atoms with Crippen molar-refractivity contribution in [3.8, 4) is 11.5 Å². The van der Waals surface area contributed by atoms with Crippen molar-refractivity contribution in [2.45, 2.75) is 6.92 Å². The van der Waals surface area contributed by atoms with Gasteiger partial charge < -0.3 is 14.6 Å². The first-order valence-corrected chi connectivity index (χ1v) is 8.35. The van der Waals surface area contributed by atoms with Gasteiger partial charge in [-0.1, -0.05) is 0 Å². The summed E-state index contributed by atoms with van der Waals surface area (Å²) in [6.45, 7) is 1.07. The van der Waals surface area contributed by atoms with Crippen molar-refractivity contribution in [1.82, 2.24) is 0 Å². The Kier molecular flexibility index (Phi) is 6.51. The lowest BCUT2D eigenvalue weighted by Crippen LogP contribution is -2.11. The molecule has 0 aliphatic rings. The number of nitrogens with zero attached hydrogens (tertiary/aromatic N) is 1. The van der Waals surface area contributed by atoms with Crippen LogP contribution >= 0.6 is 22.6 Å². The summed E-state index contributed by atoms with van der Waals surface area (Å²) in [5, 5.41) is 8.74. The largest absolute Gasteiger partial charge is 0.493 e. The van der Waals surface area contributed by atoms with Crippen LogP contribution in [0.2, 0.25) is 0 Å². The van der Waals surface area contributed by atoms with Crippen molar-refractivity contribution < 1.29 is 24.2 Å². The first-order chi connectivity index (χ1) is 11.9. The smallest absolute Gasteiger partial charge is 0.341 e. The highest BCUT2D eigenvalue weighted by atomic mass is 127. The molecule has 0 radical (unpaired) electrons. The number of hydrogen-bond acceptors (Lipinski definition) is 5. The molecule has 0 aliphatic heterocycles. The molecular formula is C18H16INO5. The molecule has 6 nitrogen and oxygen atoms in total. The number of rotatable bonds is 7. The van der Waals surface area contributed by atoms with E-state index in [1.807, 2.05) is 6.07 Å². The van der Waals surface area contributed by atoms with Crippen LogP contribution in [0.1, 0.15) is 22.8 Å². The van der Waals surface area contributed by atoms with Gasteiger partial charge >= 0.3 is 5.97 Å². The monoisotopic (exact) mass is 453 g/mol. The van der Waals surface area contributed by atoms with Crippen molar-refractivity contribution in [3.63, 3.8) is 0 Å². The number of methoxy groups -OCH3 is 1. The fraction of sp³-hybridized carbons (Fsp3) is 0.167. The zero-order valence-corrected chi connectivity index (χ0v) is 15.8. The lowest BCUT2D eigenvalue weighted by Gasteiger charge is -2.12. The van der Waals surface area contributed by atoms with E-state index in [1.54, 1.807) is 36.5 Å². The van der Waals surface area contributed by atoms with Gasteiger partial charge in [-0.2, -0.15) is 0 Å². The molecule has 0 bridgehead atoms. The van der Waals surface area contributed by atoms with Gasteiger partial charge in [-0.15, -0.1) is 0 Å². The van der Waals surface area contributed by atoms with E-state index < -0.39 is 12.6 Å². The van der Waals surface area contributed by atoms with E-state index >= 15 is 0 Å². The summed E-state index contributed by atoms with van der Waals surface area (Å²) >= 11 is 2.05. The molecule has 0 fully saturated rings. The van der Waals surface area contributed by atoms with Crippen LogP contribution in [-0.2, 0) is 4.79 Å². The van der Waals surface area contributed by atoms with Gasteiger partial charge in [-0.3, -0.25) is 9.79 Å².